The van der Waals surface area contributed by atoms with E-state index in [1.807, 2.05) is 19.1 Å². The number of carbonyl (C=O) groups is 1. The molecule has 0 saturated heterocycles. The summed E-state index contributed by atoms with van der Waals surface area (Å²) < 4.78 is 31.2. The zero-order valence-corrected chi connectivity index (χ0v) is 17.5. The Kier molecular flexibility index (Phi) is 4.58. The van der Waals surface area contributed by atoms with Crippen LogP contribution in [0.2, 0.25) is 0 Å². The fourth-order valence-electron chi connectivity index (χ4n) is 3.72. The summed E-state index contributed by atoms with van der Waals surface area (Å²) in [4.78, 5) is 24.5. The third-order valence-corrected chi connectivity index (χ3v) is 6.18. The molecule has 0 fully saturated rings. The zero-order valence-electron chi connectivity index (χ0n) is 16.6. The molecule has 5 rings (SSSR count). The average molecular weight is 440 g/mol. The molecular formula is C21H17FN4O4S. The summed E-state index contributed by atoms with van der Waals surface area (Å²) in [5, 5.41) is 0.702. The minimum atomic E-state index is -0.894. The van der Waals surface area contributed by atoms with Crippen LogP contribution in [0.25, 0.3) is 31.8 Å². The number of fused-ring (bicyclic) bond motifs is 4. The molecule has 2 aromatic heterocycles. The Bertz CT molecular complexity index is 1360. The summed E-state index contributed by atoms with van der Waals surface area (Å²) >= 11 is 1.44. The lowest BCUT2D eigenvalue weighted by molar-refractivity contribution is 0.0972. The van der Waals surface area contributed by atoms with Crippen LogP contribution in [0.5, 0.6) is 11.6 Å². The molecule has 0 spiro atoms. The molecule has 1 unspecified atom stereocenters. The first-order valence-corrected chi connectivity index (χ1v) is 10.3. The molecular weight excluding hydrogens is 423 g/mol. The molecule has 0 bridgehead atoms. The first-order chi connectivity index (χ1) is 14.9. The number of aryl methyl sites for hydroxylation is 1. The molecule has 1 aliphatic heterocycles. The summed E-state index contributed by atoms with van der Waals surface area (Å²) in [5.41, 5.74) is 9.45. The van der Waals surface area contributed by atoms with Crippen molar-refractivity contribution in [2.45, 2.75) is 19.4 Å². The van der Waals surface area contributed by atoms with Crippen LogP contribution in [-0.4, -0.2) is 40.9 Å². The highest BCUT2D eigenvalue weighted by atomic mass is 32.1. The number of thiazole rings is 1. The molecule has 3 heterocycles. The monoisotopic (exact) mass is 440 g/mol. The maximum absolute atomic E-state index is 14.7. The van der Waals surface area contributed by atoms with Gasteiger partial charge in [-0.3, -0.25) is 0 Å². The topological polar surface area (TPSA) is 109 Å². The van der Waals surface area contributed by atoms with Crippen molar-refractivity contribution in [3.63, 3.8) is 0 Å². The van der Waals surface area contributed by atoms with Crippen LogP contribution in [0.3, 0.4) is 0 Å². The van der Waals surface area contributed by atoms with Crippen molar-refractivity contribution >= 4 is 38.7 Å². The van der Waals surface area contributed by atoms with Gasteiger partial charge in [0.2, 0.25) is 5.88 Å². The Morgan fingerprint density at radius 3 is 2.94 bits per heavy atom. The predicted molar refractivity (Wildman–Crippen MR) is 113 cm³/mol. The fourth-order valence-corrected chi connectivity index (χ4v) is 4.83. The van der Waals surface area contributed by atoms with E-state index in [-0.39, 0.29) is 12.4 Å². The molecule has 8 nitrogen and oxygen atoms in total. The fraction of sp³-hybridized carbons (Fsp3) is 0.238. The molecule has 10 heteroatoms. The van der Waals surface area contributed by atoms with Crippen molar-refractivity contribution in [1.29, 1.82) is 0 Å². The summed E-state index contributed by atoms with van der Waals surface area (Å²) in [5.74, 6) is 0.0913. The van der Waals surface area contributed by atoms with Crippen LogP contribution in [0, 0.1) is 12.7 Å². The third kappa shape index (κ3) is 3.38. The standard InChI is InChI=1S/C21H17FN4O4S/c1-9-3-11(17-14(4-9)25-16(28-2)7-24-17)20-26-15-6-13(22)18-12(19(15)31-20)5-10(30-18)8-29-21(23)27/h3-4,6-7,10H,5,8H2,1-2H3,(H2,23,27). The first-order valence-electron chi connectivity index (χ1n) is 9.45. The number of hydrogen-bond acceptors (Lipinski definition) is 8. The second kappa shape index (κ2) is 7.31. The molecule has 1 aliphatic rings. The number of amides is 1. The zero-order chi connectivity index (χ0) is 21.7. The number of benzene rings is 2. The van der Waals surface area contributed by atoms with E-state index < -0.39 is 18.0 Å². The van der Waals surface area contributed by atoms with Gasteiger partial charge >= 0.3 is 6.09 Å². The number of methoxy groups -OCH3 is 1. The van der Waals surface area contributed by atoms with Gasteiger partial charge in [-0.05, 0) is 24.6 Å². The summed E-state index contributed by atoms with van der Waals surface area (Å²) in [6, 6.07) is 5.27. The van der Waals surface area contributed by atoms with Gasteiger partial charge in [-0.15, -0.1) is 11.3 Å². The Labute approximate surface area is 179 Å². The number of aromatic nitrogens is 3. The van der Waals surface area contributed by atoms with E-state index in [2.05, 4.69) is 15.0 Å². The maximum atomic E-state index is 14.7. The normalized spacial score (nSPS) is 15.1. The highest BCUT2D eigenvalue weighted by Gasteiger charge is 2.30. The van der Waals surface area contributed by atoms with Crippen molar-refractivity contribution in [2.24, 2.45) is 5.73 Å². The minimum absolute atomic E-state index is 0.0451. The van der Waals surface area contributed by atoms with Crippen molar-refractivity contribution in [3.05, 3.63) is 41.3 Å². The van der Waals surface area contributed by atoms with Gasteiger partial charge in [-0.1, -0.05) is 0 Å². The van der Waals surface area contributed by atoms with E-state index >= 15 is 0 Å². The number of nitrogens with zero attached hydrogens (tertiary/aromatic N) is 3. The van der Waals surface area contributed by atoms with Crippen molar-refractivity contribution in [2.75, 3.05) is 13.7 Å². The van der Waals surface area contributed by atoms with Gasteiger partial charge in [-0.25, -0.2) is 24.1 Å². The van der Waals surface area contributed by atoms with Gasteiger partial charge in [-0.2, -0.15) is 0 Å². The number of primary amides is 1. The lowest BCUT2D eigenvalue weighted by Gasteiger charge is -2.09. The molecule has 2 N–H and O–H groups in total. The van der Waals surface area contributed by atoms with E-state index in [1.165, 1.54) is 17.4 Å². The van der Waals surface area contributed by atoms with E-state index in [1.54, 1.807) is 13.3 Å². The SMILES string of the molecule is COc1cnc2c(-c3nc4cc(F)c5c(c4s3)CC(COC(N)=O)O5)cc(C)cc2n1. The van der Waals surface area contributed by atoms with Crippen molar-refractivity contribution in [1.82, 2.24) is 15.0 Å². The largest absolute Gasteiger partial charge is 0.483 e. The Hall–Kier alpha value is -3.53. The number of rotatable bonds is 4. The Morgan fingerprint density at radius 1 is 1.32 bits per heavy atom. The number of hydrogen-bond donors (Lipinski definition) is 1. The third-order valence-electron chi connectivity index (χ3n) is 5.02. The summed E-state index contributed by atoms with van der Waals surface area (Å²) in [6.07, 6.45) is 0.563. The van der Waals surface area contributed by atoms with Crippen LogP contribution in [0.1, 0.15) is 11.1 Å². The van der Waals surface area contributed by atoms with Gasteiger partial charge in [0.05, 0.1) is 34.6 Å². The number of carbonyl (C=O) groups excluding carboxylic acids is 1. The highest BCUT2D eigenvalue weighted by Crippen LogP contribution is 2.43. The number of halogens is 1. The van der Waals surface area contributed by atoms with Crippen molar-refractivity contribution < 1.29 is 23.4 Å². The Morgan fingerprint density at radius 2 is 2.16 bits per heavy atom. The molecule has 0 radical (unpaired) electrons. The average Bonchev–Trinajstić information content (AvgIpc) is 3.35. The lowest BCUT2D eigenvalue weighted by Crippen LogP contribution is -2.25. The smallest absolute Gasteiger partial charge is 0.404 e. The van der Waals surface area contributed by atoms with Crippen LogP contribution in [-0.2, 0) is 11.2 Å². The molecule has 2 aromatic carbocycles. The second-order valence-corrected chi connectivity index (χ2v) is 8.20. The van der Waals surface area contributed by atoms with E-state index in [4.69, 9.17) is 19.9 Å². The molecule has 4 aromatic rings. The molecule has 31 heavy (non-hydrogen) atoms. The molecule has 0 aliphatic carbocycles. The Balaban J connectivity index is 1.61. The van der Waals surface area contributed by atoms with Gasteiger partial charge in [0, 0.05) is 23.6 Å². The van der Waals surface area contributed by atoms with Crippen LogP contribution in [0.4, 0.5) is 9.18 Å². The van der Waals surface area contributed by atoms with Crippen LogP contribution in [0.15, 0.2) is 24.4 Å². The molecule has 0 saturated carbocycles. The van der Waals surface area contributed by atoms with Gasteiger partial charge in [0.25, 0.3) is 0 Å². The summed E-state index contributed by atoms with van der Waals surface area (Å²) in [6.45, 7) is 1.92. The predicted octanol–water partition coefficient (Wildman–Crippen LogP) is 3.76. The van der Waals surface area contributed by atoms with Gasteiger partial charge in [0.15, 0.2) is 11.6 Å². The molecule has 1 amide bonds. The lowest BCUT2D eigenvalue weighted by atomic mass is 10.1. The van der Waals surface area contributed by atoms with Gasteiger partial charge < -0.3 is 19.9 Å². The highest BCUT2D eigenvalue weighted by molar-refractivity contribution is 7.22. The van der Waals surface area contributed by atoms with E-state index in [0.717, 1.165) is 15.8 Å². The quantitative estimate of drug-likeness (QED) is 0.514. The number of nitrogens with two attached hydrogens (primary N) is 1. The number of ether oxygens (including phenoxy) is 3. The van der Waals surface area contributed by atoms with E-state index in [0.29, 0.717) is 39.4 Å². The maximum Gasteiger partial charge on any atom is 0.404 e. The minimum Gasteiger partial charge on any atom is -0.483 e. The molecule has 1 atom stereocenters. The van der Waals surface area contributed by atoms with E-state index in [9.17, 15) is 9.18 Å². The first kappa shape index (κ1) is 19.4. The second-order valence-electron chi connectivity index (χ2n) is 7.20. The molecule has 158 valence electrons. The van der Waals surface area contributed by atoms with Gasteiger partial charge in [0.1, 0.15) is 17.7 Å². The van der Waals surface area contributed by atoms with Crippen molar-refractivity contribution in [3.8, 4) is 22.2 Å². The van der Waals surface area contributed by atoms with Crippen LogP contribution < -0.4 is 15.2 Å². The van der Waals surface area contributed by atoms with Crippen LogP contribution >= 0.6 is 11.3 Å². The summed E-state index contributed by atoms with van der Waals surface area (Å²) in [7, 11) is 1.54.